The van der Waals surface area contributed by atoms with Crippen LogP contribution in [0.3, 0.4) is 0 Å². The Morgan fingerprint density at radius 2 is 2.11 bits per heavy atom. The number of nitrogens with zero attached hydrogens (tertiary/aromatic N) is 3. The van der Waals surface area contributed by atoms with Gasteiger partial charge in [0.05, 0.1) is 5.39 Å². The Bertz CT molecular complexity index is 715. The fourth-order valence-corrected chi connectivity index (χ4v) is 2.23. The molecule has 3 rings (SSSR count). The largest absolute Gasteiger partial charge is 0.365 e. The molecule has 0 fully saturated rings. The van der Waals surface area contributed by atoms with Gasteiger partial charge in [-0.15, -0.1) is 0 Å². The van der Waals surface area contributed by atoms with E-state index in [0.29, 0.717) is 0 Å². The van der Waals surface area contributed by atoms with Gasteiger partial charge in [0.25, 0.3) is 0 Å². The van der Waals surface area contributed by atoms with E-state index in [2.05, 4.69) is 46.5 Å². The first-order chi connectivity index (χ1) is 9.24. The number of rotatable bonds is 3. The molecule has 0 aliphatic carbocycles. The van der Waals surface area contributed by atoms with E-state index in [4.69, 9.17) is 0 Å². The fraction of sp³-hybridized carbons (Fsp3) is 0.200. The molecule has 96 valence electrons. The molecular weight excluding hydrogens is 236 g/mol. The average Bonchev–Trinajstić information content (AvgIpc) is 2.79. The molecule has 4 heteroatoms. The van der Waals surface area contributed by atoms with Crippen molar-refractivity contribution in [3.63, 3.8) is 0 Å². The molecule has 0 spiro atoms. The van der Waals surface area contributed by atoms with Gasteiger partial charge in [0.1, 0.15) is 17.8 Å². The predicted octanol–water partition coefficient (Wildman–Crippen LogP) is 2.89. The normalized spacial score (nSPS) is 10.8. The van der Waals surface area contributed by atoms with Crippen molar-refractivity contribution in [1.29, 1.82) is 0 Å². The number of anilines is 1. The van der Waals surface area contributed by atoms with Crippen molar-refractivity contribution in [2.45, 2.75) is 13.5 Å². The first-order valence-electron chi connectivity index (χ1n) is 6.29. The second kappa shape index (κ2) is 4.72. The predicted molar refractivity (Wildman–Crippen MR) is 77.0 cm³/mol. The number of benzene rings is 1. The summed E-state index contributed by atoms with van der Waals surface area (Å²) >= 11 is 0. The summed E-state index contributed by atoms with van der Waals surface area (Å²) in [5, 5.41) is 4.43. The highest BCUT2D eigenvalue weighted by molar-refractivity contribution is 5.87. The Hall–Kier alpha value is -2.36. The van der Waals surface area contributed by atoms with Gasteiger partial charge in [0.2, 0.25) is 0 Å². The third kappa shape index (κ3) is 2.29. The van der Waals surface area contributed by atoms with Crippen molar-refractivity contribution in [2.24, 2.45) is 7.05 Å². The van der Waals surface area contributed by atoms with Crippen LogP contribution < -0.4 is 5.32 Å². The minimum absolute atomic E-state index is 0.767. The summed E-state index contributed by atoms with van der Waals surface area (Å²) in [6.45, 7) is 2.87. The summed E-state index contributed by atoms with van der Waals surface area (Å²) in [5.74, 6) is 0.882. The zero-order valence-electron chi connectivity index (χ0n) is 11.1. The molecule has 0 unspecified atom stereocenters. The number of nitrogens with one attached hydrogen (secondary N) is 1. The minimum atomic E-state index is 0.767. The van der Waals surface area contributed by atoms with Crippen molar-refractivity contribution in [2.75, 3.05) is 5.32 Å². The monoisotopic (exact) mass is 252 g/mol. The van der Waals surface area contributed by atoms with Crippen LogP contribution in [0.15, 0.2) is 42.9 Å². The van der Waals surface area contributed by atoms with E-state index < -0.39 is 0 Å². The van der Waals surface area contributed by atoms with Crippen LogP contribution in [-0.4, -0.2) is 14.5 Å². The van der Waals surface area contributed by atoms with Crippen molar-refractivity contribution < 1.29 is 0 Å². The van der Waals surface area contributed by atoms with Gasteiger partial charge in [0.15, 0.2) is 0 Å². The maximum Gasteiger partial charge on any atom is 0.145 e. The average molecular weight is 252 g/mol. The molecule has 4 nitrogen and oxygen atoms in total. The van der Waals surface area contributed by atoms with Crippen LogP contribution in [0.4, 0.5) is 5.82 Å². The first kappa shape index (κ1) is 11.7. The Kier molecular flexibility index (Phi) is 2.91. The minimum Gasteiger partial charge on any atom is -0.365 e. The van der Waals surface area contributed by atoms with Gasteiger partial charge in [-0.05, 0) is 18.6 Å². The number of aromatic nitrogens is 3. The molecule has 0 amide bonds. The SMILES string of the molecule is Cc1cccc(CNc2ncnc3c2ccn3C)c1. The molecule has 0 bridgehead atoms. The molecule has 0 saturated carbocycles. The van der Waals surface area contributed by atoms with E-state index >= 15 is 0 Å². The Morgan fingerprint density at radius 1 is 1.21 bits per heavy atom. The highest BCUT2D eigenvalue weighted by Gasteiger charge is 2.05. The Balaban J connectivity index is 1.86. The lowest BCUT2D eigenvalue weighted by Gasteiger charge is -2.07. The maximum absolute atomic E-state index is 4.32. The summed E-state index contributed by atoms with van der Waals surface area (Å²) < 4.78 is 1.99. The highest BCUT2D eigenvalue weighted by Crippen LogP contribution is 2.20. The van der Waals surface area contributed by atoms with Gasteiger partial charge in [-0.3, -0.25) is 0 Å². The topological polar surface area (TPSA) is 42.7 Å². The summed E-state index contributed by atoms with van der Waals surface area (Å²) in [5.41, 5.74) is 3.47. The summed E-state index contributed by atoms with van der Waals surface area (Å²) in [7, 11) is 1.99. The van der Waals surface area contributed by atoms with Crippen LogP contribution in [0.25, 0.3) is 11.0 Å². The lowest BCUT2D eigenvalue weighted by atomic mass is 10.1. The summed E-state index contributed by atoms with van der Waals surface area (Å²) in [6.07, 6.45) is 3.60. The Morgan fingerprint density at radius 3 is 2.95 bits per heavy atom. The second-order valence-electron chi connectivity index (χ2n) is 4.73. The van der Waals surface area contributed by atoms with Gasteiger partial charge in [0, 0.05) is 19.8 Å². The third-order valence-electron chi connectivity index (χ3n) is 3.20. The smallest absolute Gasteiger partial charge is 0.145 e. The maximum atomic E-state index is 4.32. The zero-order valence-corrected chi connectivity index (χ0v) is 11.1. The Labute approximate surface area is 112 Å². The van der Waals surface area contributed by atoms with Gasteiger partial charge in [-0.25, -0.2) is 9.97 Å². The first-order valence-corrected chi connectivity index (χ1v) is 6.29. The van der Waals surface area contributed by atoms with Gasteiger partial charge in [-0.2, -0.15) is 0 Å². The molecule has 0 atom stereocenters. The van der Waals surface area contributed by atoms with Crippen LogP contribution in [0.2, 0.25) is 0 Å². The molecule has 2 aromatic heterocycles. The van der Waals surface area contributed by atoms with Crippen LogP contribution >= 0.6 is 0 Å². The van der Waals surface area contributed by atoms with Crippen molar-refractivity contribution in [3.8, 4) is 0 Å². The lowest BCUT2D eigenvalue weighted by Crippen LogP contribution is -2.02. The van der Waals surface area contributed by atoms with Crippen molar-refractivity contribution in [3.05, 3.63) is 54.0 Å². The third-order valence-corrected chi connectivity index (χ3v) is 3.20. The molecule has 0 aliphatic heterocycles. The quantitative estimate of drug-likeness (QED) is 0.779. The number of aryl methyl sites for hydroxylation is 2. The molecule has 0 saturated heterocycles. The van der Waals surface area contributed by atoms with Gasteiger partial charge in [-0.1, -0.05) is 29.8 Å². The van der Waals surface area contributed by atoms with Crippen LogP contribution in [0, 0.1) is 6.92 Å². The van der Waals surface area contributed by atoms with Crippen molar-refractivity contribution in [1.82, 2.24) is 14.5 Å². The van der Waals surface area contributed by atoms with E-state index in [9.17, 15) is 0 Å². The molecule has 0 aliphatic rings. The lowest BCUT2D eigenvalue weighted by molar-refractivity contribution is 0.943. The van der Waals surface area contributed by atoms with E-state index in [1.54, 1.807) is 6.33 Å². The standard InChI is InChI=1S/C15H16N4/c1-11-4-3-5-12(8-11)9-16-14-13-6-7-19(2)15(13)18-10-17-14/h3-8,10H,9H2,1-2H3,(H,16,17,18). The molecule has 3 aromatic rings. The van der Waals surface area contributed by atoms with Gasteiger partial charge >= 0.3 is 0 Å². The molecule has 0 radical (unpaired) electrons. The zero-order chi connectivity index (χ0) is 13.2. The van der Waals surface area contributed by atoms with Crippen molar-refractivity contribution >= 4 is 16.9 Å². The van der Waals surface area contributed by atoms with E-state index in [1.165, 1.54) is 11.1 Å². The van der Waals surface area contributed by atoms with E-state index in [-0.39, 0.29) is 0 Å². The second-order valence-corrected chi connectivity index (χ2v) is 4.73. The molecule has 19 heavy (non-hydrogen) atoms. The number of fused-ring (bicyclic) bond motifs is 1. The molecule has 2 heterocycles. The van der Waals surface area contributed by atoms with E-state index in [1.807, 2.05) is 23.9 Å². The van der Waals surface area contributed by atoms with E-state index in [0.717, 1.165) is 23.4 Å². The molecule has 1 N–H and O–H groups in total. The summed E-state index contributed by atoms with van der Waals surface area (Å²) in [6, 6.07) is 10.5. The fourth-order valence-electron chi connectivity index (χ4n) is 2.23. The summed E-state index contributed by atoms with van der Waals surface area (Å²) in [4.78, 5) is 8.60. The highest BCUT2D eigenvalue weighted by atomic mass is 15.1. The number of hydrogen-bond acceptors (Lipinski definition) is 3. The molecule has 1 aromatic carbocycles. The van der Waals surface area contributed by atoms with Gasteiger partial charge < -0.3 is 9.88 Å². The van der Waals surface area contributed by atoms with Crippen LogP contribution in [-0.2, 0) is 13.6 Å². The molecular formula is C15H16N4. The van der Waals surface area contributed by atoms with Crippen LogP contribution in [0.5, 0.6) is 0 Å². The van der Waals surface area contributed by atoms with Crippen LogP contribution in [0.1, 0.15) is 11.1 Å². The number of hydrogen-bond donors (Lipinski definition) is 1.